The highest BCUT2D eigenvalue weighted by Crippen LogP contribution is 2.23. The average molecular weight is 439 g/mol. The topological polar surface area (TPSA) is 75.3 Å². The van der Waals surface area contributed by atoms with Crippen LogP contribution in [0.15, 0.2) is 47.4 Å². The number of nitrogens with one attached hydrogen (secondary N) is 2. The van der Waals surface area contributed by atoms with Gasteiger partial charge in [-0.05, 0) is 43.2 Å². The van der Waals surface area contributed by atoms with E-state index in [9.17, 15) is 17.6 Å². The molecule has 0 saturated heterocycles. The van der Waals surface area contributed by atoms with Crippen LogP contribution in [-0.2, 0) is 10.0 Å². The second kappa shape index (κ2) is 9.69. The Morgan fingerprint density at radius 3 is 2.31 bits per heavy atom. The first kappa shape index (κ1) is 21.7. The zero-order valence-electron chi connectivity index (χ0n) is 16.0. The van der Waals surface area contributed by atoms with Crippen LogP contribution in [0.5, 0.6) is 0 Å². The second-order valence-corrected chi connectivity index (χ2v) is 9.36. The molecule has 5 nitrogen and oxygen atoms in total. The van der Waals surface area contributed by atoms with Crippen LogP contribution < -0.4 is 10.0 Å². The number of hydrogen-bond acceptors (Lipinski definition) is 3. The predicted octanol–water partition coefficient (Wildman–Crippen LogP) is 5.12. The Balaban J connectivity index is 1.72. The molecule has 1 aliphatic carbocycles. The van der Waals surface area contributed by atoms with Crippen LogP contribution in [0.2, 0.25) is 5.02 Å². The third-order valence-corrected chi connectivity index (χ3v) is 6.89. The Bertz CT molecular complexity index is 974. The highest BCUT2D eigenvalue weighted by Gasteiger charge is 2.22. The minimum Gasteiger partial charge on any atom is -0.319 e. The van der Waals surface area contributed by atoms with Crippen molar-refractivity contribution in [2.75, 3.05) is 5.32 Å². The number of benzene rings is 2. The number of rotatable bonds is 5. The van der Waals surface area contributed by atoms with E-state index in [1.165, 1.54) is 24.6 Å². The summed E-state index contributed by atoms with van der Waals surface area (Å²) in [5.74, 6) is -1.40. The summed E-state index contributed by atoms with van der Waals surface area (Å²) in [4.78, 5) is 12.1. The summed E-state index contributed by atoms with van der Waals surface area (Å²) in [6, 6.07) is 9.73. The molecular weight excluding hydrogens is 415 g/mol. The highest BCUT2D eigenvalue weighted by molar-refractivity contribution is 7.89. The van der Waals surface area contributed by atoms with Crippen molar-refractivity contribution in [1.82, 2.24) is 4.72 Å². The van der Waals surface area contributed by atoms with Crippen LogP contribution in [0.1, 0.15) is 55.3 Å². The monoisotopic (exact) mass is 438 g/mol. The van der Waals surface area contributed by atoms with Gasteiger partial charge in [-0.2, -0.15) is 0 Å². The van der Waals surface area contributed by atoms with Gasteiger partial charge in [0.2, 0.25) is 10.0 Å². The quantitative estimate of drug-likeness (QED) is 0.680. The van der Waals surface area contributed by atoms with E-state index in [0.717, 1.165) is 44.6 Å². The lowest BCUT2D eigenvalue weighted by atomic mass is 9.97. The maximum Gasteiger partial charge on any atom is 0.257 e. The molecule has 1 saturated carbocycles. The fourth-order valence-corrected chi connectivity index (χ4v) is 5.00. The van der Waals surface area contributed by atoms with Gasteiger partial charge >= 0.3 is 0 Å². The molecule has 1 amide bonds. The van der Waals surface area contributed by atoms with Crippen LogP contribution in [0.3, 0.4) is 0 Å². The van der Waals surface area contributed by atoms with Gasteiger partial charge in [0.15, 0.2) is 0 Å². The third-order valence-electron chi connectivity index (χ3n) is 5.04. The van der Waals surface area contributed by atoms with Crippen molar-refractivity contribution in [3.05, 3.63) is 58.9 Å². The molecule has 8 heteroatoms. The molecular formula is C21H24ClFN2O3S. The maximum atomic E-state index is 14.5. The molecule has 2 aromatic carbocycles. The zero-order valence-corrected chi connectivity index (χ0v) is 17.5. The molecule has 0 atom stereocenters. The van der Waals surface area contributed by atoms with E-state index in [-0.39, 0.29) is 27.2 Å². The van der Waals surface area contributed by atoms with E-state index in [4.69, 9.17) is 11.6 Å². The van der Waals surface area contributed by atoms with Gasteiger partial charge in [0, 0.05) is 6.04 Å². The van der Waals surface area contributed by atoms with E-state index in [0.29, 0.717) is 0 Å². The van der Waals surface area contributed by atoms with Gasteiger partial charge in [-0.15, -0.1) is 0 Å². The highest BCUT2D eigenvalue weighted by atomic mass is 35.5. The van der Waals surface area contributed by atoms with Gasteiger partial charge in [0.05, 0.1) is 21.2 Å². The van der Waals surface area contributed by atoms with Crippen LogP contribution in [-0.4, -0.2) is 20.4 Å². The molecule has 0 heterocycles. The van der Waals surface area contributed by atoms with Crippen molar-refractivity contribution in [1.29, 1.82) is 0 Å². The minimum atomic E-state index is -3.84. The van der Waals surface area contributed by atoms with Crippen LogP contribution in [0, 0.1) is 5.82 Å². The van der Waals surface area contributed by atoms with Crippen LogP contribution in [0.25, 0.3) is 0 Å². The number of hydrogen-bond donors (Lipinski definition) is 2. The van der Waals surface area contributed by atoms with E-state index in [1.807, 2.05) is 0 Å². The Kier molecular flexibility index (Phi) is 7.27. The Hall–Kier alpha value is -1.96. The van der Waals surface area contributed by atoms with Gasteiger partial charge < -0.3 is 5.32 Å². The summed E-state index contributed by atoms with van der Waals surface area (Å²) in [5.41, 5.74) is 0.0936. The lowest BCUT2D eigenvalue weighted by molar-refractivity contribution is 0.102. The molecule has 156 valence electrons. The van der Waals surface area contributed by atoms with Crippen molar-refractivity contribution in [3.63, 3.8) is 0 Å². The zero-order chi connectivity index (χ0) is 20.9. The second-order valence-electron chi connectivity index (χ2n) is 7.24. The summed E-state index contributed by atoms with van der Waals surface area (Å²) >= 11 is 5.98. The van der Waals surface area contributed by atoms with E-state index in [2.05, 4.69) is 10.0 Å². The van der Waals surface area contributed by atoms with Gasteiger partial charge in [0.1, 0.15) is 5.82 Å². The number of halogens is 2. The molecule has 0 aliphatic heterocycles. The fourth-order valence-electron chi connectivity index (χ4n) is 3.46. The van der Waals surface area contributed by atoms with Crippen molar-refractivity contribution in [2.24, 2.45) is 0 Å². The normalized spacial score (nSPS) is 16.1. The summed E-state index contributed by atoms with van der Waals surface area (Å²) in [6.07, 6.45) is 6.93. The van der Waals surface area contributed by atoms with Gasteiger partial charge in [-0.25, -0.2) is 17.5 Å². The lowest BCUT2D eigenvalue weighted by Crippen LogP contribution is -2.35. The first-order chi connectivity index (χ1) is 13.9. The molecule has 3 rings (SSSR count). The van der Waals surface area contributed by atoms with Crippen LogP contribution in [0.4, 0.5) is 10.1 Å². The number of sulfonamides is 1. The number of amides is 1. The lowest BCUT2D eigenvalue weighted by Gasteiger charge is -2.21. The predicted molar refractivity (Wildman–Crippen MR) is 112 cm³/mol. The average Bonchev–Trinajstić information content (AvgIpc) is 2.65. The summed E-state index contributed by atoms with van der Waals surface area (Å²) < 4.78 is 42.6. The number of anilines is 1. The molecule has 0 spiro atoms. The molecule has 0 aromatic heterocycles. The summed E-state index contributed by atoms with van der Waals surface area (Å²) in [7, 11) is -3.84. The molecule has 2 aromatic rings. The Morgan fingerprint density at radius 2 is 1.66 bits per heavy atom. The number of carbonyl (C=O) groups excluding carboxylic acids is 1. The Labute approximate surface area is 175 Å². The molecule has 0 radical (unpaired) electrons. The smallest absolute Gasteiger partial charge is 0.257 e. The fraction of sp³-hybridized carbons (Fsp3) is 0.381. The van der Waals surface area contributed by atoms with Crippen molar-refractivity contribution >= 4 is 33.2 Å². The summed E-state index contributed by atoms with van der Waals surface area (Å²) in [6.45, 7) is 0. The van der Waals surface area contributed by atoms with Crippen LogP contribution >= 0.6 is 11.6 Å². The van der Waals surface area contributed by atoms with E-state index >= 15 is 0 Å². The largest absolute Gasteiger partial charge is 0.319 e. The summed E-state index contributed by atoms with van der Waals surface area (Å²) in [5, 5.41) is 2.67. The van der Waals surface area contributed by atoms with Crippen molar-refractivity contribution < 1.29 is 17.6 Å². The molecule has 2 N–H and O–H groups in total. The minimum absolute atomic E-state index is 0.111. The van der Waals surface area contributed by atoms with E-state index < -0.39 is 21.7 Å². The Morgan fingerprint density at radius 1 is 1.00 bits per heavy atom. The maximum absolute atomic E-state index is 14.5. The van der Waals surface area contributed by atoms with Crippen molar-refractivity contribution in [2.45, 2.75) is 55.9 Å². The van der Waals surface area contributed by atoms with Gasteiger partial charge in [0.25, 0.3) is 5.91 Å². The first-order valence-electron chi connectivity index (χ1n) is 9.74. The van der Waals surface area contributed by atoms with E-state index in [1.54, 1.807) is 18.2 Å². The molecule has 1 fully saturated rings. The standard InChI is InChI=1S/C21H24ClFN2O3S/c22-18-11-7-6-10-17(18)21(26)24-20-13-12-16(14-19(20)23)29(27,28)25-15-8-4-2-1-3-5-9-15/h6-7,10-15,25H,1-5,8-9H2,(H,24,26). The van der Waals surface area contributed by atoms with Crippen molar-refractivity contribution in [3.8, 4) is 0 Å². The molecule has 29 heavy (non-hydrogen) atoms. The molecule has 1 aliphatic rings. The number of carbonyl (C=O) groups is 1. The molecule has 0 unspecified atom stereocenters. The SMILES string of the molecule is O=C(Nc1ccc(S(=O)(=O)NC2CCCCCCC2)cc1F)c1ccccc1Cl. The van der Waals surface area contributed by atoms with Gasteiger partial charge in [-0.3, -0.25) is 4.79 Å². The molecule has 0 bridgehead atoms. The van der Waals surface area contributed by atoms with Gasteiger partial charge in [-0.1, -0.05) is 55.8 Å². The third kappa shape index (κ3) is 5.78. The first-order valence-corrected chi connectivity index (χ1v) is 11.6.